The van der Waals surface area contributed by atoms with Crippen LogP contribution in [-0.2, 0) is 9.59 Å². The van der Waals surface area contributed by atoms with E-state index in [-0.39, 0.29) is 24.8 Å². The number of hydrogen-bond acceptors (Lipinski definition) is 4. The van der Waals surface area contributed by atoms with E-state index in [9.17, 15) is 9.59 Å². The van der Waals surface area contributed by atoms with Crippen molar-refractivity contribution < 1.29 is 19.2 Å². The monoisotopic (exact) mass is 240 g/mol. The third kappa shape index (κ3) is 3.58. The highest BCUT2D eigenvalue weighted by molar-refractivity contribution is 5.94. The van der Waals surface area contributed by atoms with E-state index in [0.29, 0.717) is 11.6 Å². The van der Waals surface area contributed by atoms with Crippen molar-refractivity contribution in [3.8, 4) is 0 Å². The number of anilines is 1. The molecule has 0 saturated carbocycles. The van der Waals surface area contributed by atoms with Crippen LogP contribution in [0.2, 0.25) is 0 Å². The Labute approximate surface area is 99.2 Å². The van der Waals surface area contributed by atoms with Crippen molar-refractivity contribution in [2.75, 3.05) is 11.4 Å². The van der Waals surface area contributed by atoms with E-state index in [4.69, 9.17) is 9.63 Å². The Kier molecular flexibility index (Phi) is 4.25. The van der Waals surface area contributed by atoms with E-state index >= 15 is 0 Å². The lowest BCUT2D eigenvalue weighted by molar-refractivity contribution is -0.136. The molecule has 1 rings (SSSR count). The number of carbonyl (C=O) groups excluding carboxylic acids is 1. The molecule has 0 unspecified atom stereocenters. The van der Waals surface area contributed by atoms with E-state index in [1.165, 1.54) is 4.90 Å². The molecular formula is C11H16N2O4. The van der Waals surface area contributed by atoms with Gasteiger partial charge < -0.3 is 9.63 Å². The summed E-state index contributed by atoms with van der Waals surface area (Å²) in [5.41, 5.74) is 0. The average molecular weight is 240 g/mol. The van der Waals surface area contributed by atoms with Crippen LogP contribution >= 0.6 is 0 Å². The lowest BCUT2D eigenvalue weighted by Gasteiger charge is -2.20. The molecule has 0 atom stereocenters. The van der Waals surface area contributed by atoms with Crippen molar-refractivity contribution >= 4 is 17.7 Å². The Morgan fingerprint density at radius 3 is 2.59 bits per heavy atom. The van der Waals surface area contributed by atoms with Gasteiger partial charge in [0.05, 0.1) is 6.42 Å². The molecule has 0 bridgehead atoms. The highest BCUT2D eigenvalue weighted by atomic mass is 16.5. The van der Waals surface area contributed by atoms with Crippen molar-refractivity contribution in [1.82, 2.24) is 5.16 Å². The number of hydrogen-bond donors (Lipinski definition) is 1. The first-order valence-corrected chi connectivity index (χ1v) is 5.38. The summed E-state index contributed by atoms with van der Waals surface area (Å²) in [7, 11) is 0. The van der Waals surface area contributed by atoms with Gasteiger partial charge in [-0.3, -0.25) is 14.5 Å². The topological polar surface area (TPSA) is 83.6 Å². The predicted molar refractivity (Wildman–Crippen MR) is 60.7 cm³/mol. The Bertz CT molecular complexity index is 411. The van der Waals surface area contributed by atoms with Crippen molar-refractivity contribution in [3.05, 3.63) is 11.8 Å². The average Bonchev–Trinajstić information content (AvgIpc) is 2.64. The quantitative estimate of drug-likeness (QED) is 0.842. The normalized spacial score (nSPS) is 10.6. The van der Waals surface area contributed by atoms with E-state index in [1.807, 2.05) is 0 Å². The molecule has 0 aliphatic heterocycles. The summed E-state index contributed by atoms with van der Waals surface area (Å²) in [6.07, 6.45) is -0.121. The molecular weight excluding hydrogens is 224 g/mol. The Morgan fingerprint density at radius 2 is 2.18 bits per heavy atom. The van der Waals surface area contributed by atoms with Gasteiger partial charge in [-0.05, 0) is 6.92 Å². The number of aryl methyl sites for hydroxylation is 1. The van der Waals surface area contributed by atoms with Crippen LogP contribution in [0.3, 0.4) is 0 Å². The van der Waals surface area contributed by atoms with E-state index < -0.39 is 5.97 Å². The number of rotatable bonds is 5. The Balaban J connectivity index is 2.86. The molecule has 94 valence electrons. The summed E-state index contributed by atoms with van der Waals surface area (Å²) in [4.78, 5) is 23.8. The molecule has 1 heterocycles. The minimum absolute atomic E-state index is 0.0956. The number of aromatic nitrogens is 1. The van der Waals surface area contributed by atoms with Gasteiger partial charge in [0.2, 0.25) is 5.91 Å². The summed E-state index contributed by atoms with van der Waals surface area (Å²) in [6.45, 7) is 5.32. The number of carboxylic acid groups (broad SMARTS) is 1. The number of nitrogens with zero attached hydrogens (tertiary/aromatic N) is 2. The zero-order valence-electron chi connectivity index (χ0n) is 10.1. The maximum Gasteiger partial charge on any atom is 0.305 e. The zero-order chi connectivity index (χ0) is 13.0. The van der Waals surface area contributed by atoms with Crippen LogP contribution in [0, 0.1) is 12.8 Å². The standard InChI is InChI=1S/C11H16N2O4/c1-7(2)11(16)13(5-4-10(14)15)9-6-8(3)17-12-9/h6-7H,4-5H2,1-3H3,(H,14,15). The molecule has 17 heavy (non-hydrogen) atoms. The van der Waals surface area contributed by atoms with Gasteiger partial charge in [0.1, 0.15) is 5.76 Å². The van der Waals surface area contributed by atoms with Crippen molar-refractivity contribution in [3.63, 3.8) is 0 Å². The van der Waals surface area contributed by atoms with Crippen molar-refractivity contribution in [2.45, 2.75) is 27.2 Å². The molecule has 1 aromatic heterocycles. The molecule has 0 aliphatic rings. The third-order valence-electron chi connectivity index (χ3n) is 2.20. The molecule has 1 N–H and O–H groups in total. The lowest BCUT2D eigenvalue weighted by atomic mass is 10.2. The molecule has 1 aromatic rings. The fourth-order valence-electron chi connectivity index (χ4n) is 1.34. The first-order chi connectivity index (χ1) is 7.91. The van der Waals surface area contributed by atoms with Gasteiger partial charge in [0.15, 0.2) is 5.82 Å². The fourth-order valence-corrected chi connectivity index (χ4v) is 1.34. The Morgan fingerprint density at radius 1 is 1.53 bits per heavy atom. The summed E-state index contributed by atoms with van der Waals surface area (Å²) in [5, 5.41) is 12.4. The minimum atomic E-state index is -0.952. The highest BCUT2D eigenvalue weighted by Gasteiger charge is 2.22. The van der Waals surface area contributed by atoms with Crippen LogP contribution in [0.4, 0.5) is 5.82 Å². The Hall–Kier alpha value is -1.85. The maximum absolute atomic E-state index is 11.9. The van der Waals surface area contributed by atoms with E-state index in [0.717, 1.165) is 0 Å². The molecule has 6 heteroatoms. The summed E-state index contributed by atoms with van der Waals surface area (Å²) < 4.78 is 4.89. The van der Waals surface area contributed by atoms with Crippen LogP contribution in [0.15, 0.2) is 10.6 Å². The molecule has 1 amide bonds. The first-order valence-electron chi connectivity index (χ1n) is 5.38. The highest BCUT2D eigenvalue weighted by Crippen LogP contribution is 2.16. The predicted octanol–water partition coefficient (Wildman–Crippen LogP) is 1.45. The van der Waals surface area contributed by atoms with E-state index in [1.54, 1.807) is 26.8 Å². The van der Waals surface area contributed by atoms with Crippen LogP contribution in [0.5, 0.6) is 0 Å². The lowest BCUT2D eigenvalue weighted by Crippen LogP contribution is -2.36. The van der Waals surface area contributed by atoms with Crippen LogP contribution in [0.1, 0.15) is 26.0 Å². The van der Waals surface area contributed by atoms with Gasteiger partial charge in [-0.1, -0.05) is 19.0 Å². The maximum atomic E-state index is 11.9. The largest absolute Gasteiger partial charge is 0.481 e. The molecule has 6 nitrogen and oxygen atoms in total. The van der Waals surface area contributed by atoms with Crippen LogP contribution < -0.4 is 4.90 Å². The second kappa shape index (κ2) is 5.47. The molecule has 0 radical (unpaired) electrons. The summed E-state index contributed by atoms with van der Waals surface area (Å²) >= 11 is 0. The van der Waals surface area contributed by atoms with Crippen molar-refractivity contribution in [2.24, 2.45) is 5.92 Å². The summed E-state index contributed by atoms with van der Waals surface area (Å²) in [6, 6.07) is 1.61. The second-order valence-electron chi connectivity index (χ2n) is 4.08. The van der Waals surface area contributed by atoms with Crippen LogP contribution in [-0.4, -0.2) is 28.7 Å². The van der Waals surface area contributed by atoms with E-state index in [2.05, 4.69) is 5.16 Å². The van der Waals surface area contributed by atoms with Crippen molar-refractivity contribution in [1.29, 1.82) is 0 Å². The van der Waals surface area contributed by atoms with Gasteiger partial charge in [0.25, 0.3) is 0 Å². The van der Waals surface area contributed by atoms with Gasteiger partial charge in [-0.25, -0.2) is 0 Å². The third-order valence-corrected chi connectivity index (χ3v) is 2.20. The molecule has 0 aliphatic carbocycles. The molecule has 0 saturated heterocycles. The van der Waals surface area contributed by atoms with Gasteiger partial charge in [-0.15, -0.1) is 0 Å². The van der Waals surface area contributed by atoms with Gasteiger partial charge in [0, 0.05) is 18.5 Å². The van der Waals surface area contributed by atoms with Gasteiger partial charge in [-0.2, -0.15) is 0 Å². The number of amides is 1. The molecule has 0 spiro atoms. The van der Waals surface area contributed by atoms with Gasteiger partial charge >= 0.3 is 5.97 Å². The molecule has 0 fully saturated rings. The number of aliphatic carboxylic acids is 1. The SMILES string of the molecule is Cc1cc(N(CCC(=O)O)C(=O)C(C)C)no1. The summed E-state index contributed by atoms with van der Waals surface area (Å²) in [5.74, 6) is -0.397. The first kappa shape index (κ1) is 13.2. The smallest absolute Gasteiger partial charge is 0.305 e. The second-order valence-corrected chi connectivity index (χ2v) is 4.08. The number of carboxylic acids is 1. The minimum Gasteiger partial charge on any atom is -0.481 e. The molecule has 0 aromatic carbocycles. The number of carbonyl (C=O) groups is 2. The van der Waals surface area contributed by atoms with Crippen LogP contribution in [0.25, 0.3) is 0 Å². The fraction of sp³-hybridized carbons (Fsp3) is 0.545. The zero-order valence-corrected chi connectivity index (χ0v) is 10.1.